The Labute approximate surface area is 96.8 Å². The third-order valence-electron chi connectivity index (χ3n) is 1.58. The molecule has 0 aliphatic carbocycles. The molecular formula is C8H4FIN2OS. The van der Waals surface area contributed by atoms with Crippen LogP contribution in [0.2, 0.25) is 0 Å². The van der Waals surface area contributed by atoms with Gasteiger partial charge < -0.3 is 5.11 Å². The molecule has 0 aliphatic heterocycles. The number of halogens is 2. The zero-order valence-corrected chi connectivity index (χ0v) is 9.71. The third-order valence-corrected chi connectivity index (χ3v) is 3.20. The monoisotopic (exact) mass is 322 g/mol. The smallest absolute Gasteiger partial charge is 0.178 e. The van der Waals surface area contributed by atoms with Gasteiger partial charge in [0.1, 0.15) is 11.6 Å². The van der Waals surface area contributed by atoms with E-state index in [-0.39, 0.29) is 5.75 Å². The zero-order chi connectivity index (χ0) is 10.1. The predicted molar refractivity (Wildman–Crippen MR) is 59.7 cm³/mol. The lowest BCUT2D eigenvalue weighted by Gasteiger charge is -1.97. The lowest BCUT2D eigenvalue weighted by Crippen LogP contribution is -1.82. The fraction of sp³-hybridized carbons (Fsp3) is 0. The van der Waals surface area contributed by atoms with Crippen LogP contribution in [0.25, 0.3) is 10.6 Å². The number of aromatic nitrogens is 2. The molecule has 0 saturated heterocycles. The summed E-state index contributed by atoms with van der Waals surface area (Å²) in [6.07, 6.45) is 0. The first kappa shape index (κ1) is 9.78. The highest BCUT2D eigenvalue weighted by molar-refractivity contribution is 14.1. The minimum Gasteiger partial charge on any atom is -0.508 e. The Balaban J connectivity index is 2.52. The van der Waals surface area contributed by atoms with E-state index in [9.17, 15) is 4.39 Å². The van der Waals surface area contributed by atoms with Crippen LogP contribution in [-0.2, 0) is 0 Å². The largest absolute Gasteiger partial charge is 0.508 e. The normalized spacial score (nSPS) is 10.4. The van der Waals surface area contributed by atoms with Crippen molar-refractivity contribution >= 4 is 33.9 Å². The van der Waals surface area contributed by atoms with Gasteiger partial charge in [-0.15, -0.1) is 10.2 Å². The van der Waals surface area contributed by atoms with Gasteiger partial charge in [-0.2, -0.15) is 0 Å². The van der Waals surface area contributed by atoms with Gasteiger partial charge in [-0.05, 0) is 34.7 Å². The first-order valence-electron chi connectivity index (χ1n) is 3.65. The molecule has 0 unspecified atom stereocenters. The first-order valence-corrected chi connectivity index (χ1v) is 5.54. The van der Waals surface area contributed by atoms with Crippen LogP contribution in [-0.4, -0.2) is 15.3 Å². The summed E-state index contributed by atoms with van der Waals surface area (Å²) in [6.45, 7) is 0. The van der Waals surface area contributed by atoms with Crippen molar-refractivity contribution in [2.24, 2.45) is 0 Å². The SMILES string of the molecule is Oc1ccc(-c2nnc(I)s2)c(F)c1. The number of benzene rings is 1. The van der Waals surface area contributed by atoms with E-state index in [2.05, 4.69) is 10.2 Å². The first-order chi connectivity index (χ1) is 6.66. The summed E-state index contributed by atoms with van der Waals surface area (Å²) in [6, 6.07) is 3.97. The Morgan fingerprint density at radius 1 is 1.36 bits per heavy atom. The highest BCUT2D eigenvalue weighted by Gasteiger charge is 2.10. The molecule has 0 spiro atoms. The summed E-state index contributed by atoms with van der Waals surface area (Å²) in [4.78, 5) is 0. The molecular weight excluding hydrogens is 318 g/mol. The number of hydrogen-bond acceptors (Lipinski definition) is 4. The van der Waals surface area contributed by atoms with Crippen LogP contribution in [0, 0.1) is 8.83 Å². The van der Waals surface area contributed by atoms with Gasteiger partial charge in [0.15, 0.2) is 8.02 Å². The van der Waals surface area contributed by atoms with Crippen molar-refractivity contribution in [3.8, 4) is 16.3 Å². The molecule has 3 nitrogen and oxygen atoms in total. The van der Waals surface area contributed by atoms with Gasteiger partial charge in [0.2, 0.25) is 0 Å². The average molecular weight is 322 g/mol. The van der Waals surface area contributed by atoms with Gasteiger partial charge in [-0.1, -0.05) is 11.3 Å². The van der Waals surface area contributed by atoms with Crippen molar-refractivity contribution in [2.75, 3.05) is 0 Å². The van der Waals surface area contributed by atoms with Gasteiger partial charge in [-0.3, -0.25) is 0 Å². The van der Waals surface area contributed by atoms with Crippen LogP contribution in [0.1, 0.15) is 0 Å². The van der Waals surface area contributed by atoms with E-state index in [4.69, 9.17) is 5.11 Å². The van der Waals surface area contributed by atoms with E-state index in [1.165, 1.54) is 23.5 Å². The van der Waals surface area contributed by atoms with Crippen molar-refractivity contribution in [1.82, 2.24) is 10.2 Å². The number of phenols is 1. The van der Waals surface area contributed by atoms with E-state index >= 15 is 0 Å². The molecule has 14 heavy (non-hydrogen) atoms. The summed E-state index contributed by atoms with van der Waals surface area (Å²) in [5.74, 6) is -0.581. The molecule has 0 fully saturated rings. The molecule has 0 aliphatic rings. The van der Waals surface area contributed by atoms with Gasteiger partial charge in [0.25, 0.3) is 0 Å². The molecule has 2 aromatic rings. The lowest BCUT2D eigenvalue weighted by atomic mass is 10.2. The Morgan fingerprint density at radius 3 is 2.71 bits per heavy atom. The van der Waals surface area contributed by atoms with E-state index in [1.54, 1.807) is 0 Å². The minimum absolute atomic E-state index is 0.0922. The van der Waals surface area contributed by atoms with Crippen LogP contribution in [0.5, 0.6) is 5.75 Å². The second kappa shape index (κ2) is 3.77. The molecule has 6 heteroatoms. The molecule has 0 radical (unpaired) electrons. The molecule has 0 amide bonds. The van der Waals surface area contributed by atoms with Crippen molar-refractivity contribution in [1.29, 1.82) is 0 Å². The summed E-state index contributed by atoms with van der Waals surface area (Å²) < 4.78 is 14.1. The number of rotatable bonds is 1. The second-order valence-electron chi connectivity index (χ2n) is 2.52. The average Bonchev–Trinajstić information content (AvgIpc) is 2.51. The maximum Gasteiger partial charge on any atom is 0.178 e. The molecule has 1 N–H and O–H groups in total. The molecule has 1 aromatic heterocycles. The van der Waals surface area contributed by atoms with Crippen LogP contribution in [0.3, 0.4) is 0 Å². The number of nitrogens with zero attached hydrogens (tertiary/aromatic N) is 2. The standard InChI is InChI=1S/C8H4FIN2OS/c9-6-3-4(13)1-2-5(6)7-11-12-8(10)14-7/h1-3,13H. The van der Waals surface area contributed by atoms with Crippen LogP contribution in [0.4, 0.5) is 4.39 Å². The van der Waals surface area contributed by atoms with Gasteiger partial charge in [0, 0.05) is 11.6 Å². The third kappa shape index (κ3) is 1.85. The number of phenolic OH excluding ortho intramolecular Hbond substituents is 1. The maximum absolute atomic E-state index is 13.3. The van der Waals surface area contributed by atoms with Crippen molar-refractivity contribution in [2.45, 2.75) is 0 Å². The molecule has 1 heterocycles. The summed E-state index contributed by atoms with van der Waals surface area (Å²) in [5.41, 5.74) is 0.364. The second-order valence-corrected chi connectivity index (χ2v) is 5.26. The quantitative estimate of drug-likeness (QED) is 0.821. The Bertz CT molecular complexity index is 474. The number of hydrogen-bond donors (Lipinski definition) is 1. The molecule has 72 valence electrons. The predicted octanol–water partition coefficient (Wildman–Crippen LogP) is 2.65. The topological polar surface area (TPSA) is 46.0 Å². The van der Waals surface area contributed by atoms with E-state index in [0.29, 0.717) is 10.6 Å². The zero-order valence-electron chi connectivity index (χ0n) is 6.74. The lowest BCUT2D eigenvalue weighted by molar-refractivity contribution is 0.469. The van der Waals surface area contributed by atoms with Crippen LogP contribution in [0.15, 0.2) is 18.2 Å². The van der Waals surface area contributed by atoms with E-state index in [0.717, 1.165) is 9.08 Å². The van der Waals surface area contributed by atoms with Crippen molar-refractivity contribution < 1.29 is 9.50 Å². The van der Waals surface area contributed by atoms with Crippen molar-refractivity contribution in [3.05, 3.63) is 27.0 Å². The van der Waals surface area contributed by atoms with Gasteiger partial charge in [0.05, 0.1) is 0 Å². The molecule has 2 rings (SSSR count). The number of aromatic hydroxyl groups is 1. The fourth-order valence-electron chi connectivity index (χ4n) is 0.992. The Kier molecular flexibility index (Phi) is 2.64. The maximum atomic E-state index is 13.3. The van der Waals surface area contributed by atoms with Crippen LogP contribution >= 0.6 is 33.9 Å². The minimum atomic E-state index is -0.488. The summed E-state index contributed by atoms with van der Waals surface area (Å²) in [7, 11) is 0. The molecule has 0 atom stereocenters. The molecule has 1 aromatic carbocycles. The highest BCUT2D eigenvalue weighted by Crippen LogP contribution is 2.28. The van der Waals surface area contributed by atoms with E-state index in [1.807, 2.05) is 22.6 Å². The summed E-state index contributed by atoms with van der Waals surface area (Å²) >= 11 is 3.32. The van der Waals surface area contributed by atoms with Crippen LogP contribution < -0.4 is 0 Å². The molecule has 0 bridgehead atoms. The molecule has 0 saturated carbocycles. The fourth-order valence-corrected chi connectivity index (χ4v) is 2.32. The summed E-state index contributed by atoms with van der Waals surface area (Å²) in [5, 5.41) is 17.1. The van der Waals surface area contributed by atoms with Gasteiger partial charge in [-0.25, -0.2) is 4.39 Å². The Hall–Kier alpha value is -0.760. The van der Waals surface area contributed by atoms with Crippen molar-refractivity contribution in [3.63, 3.8) is 0 Å². The van der Waals surface area contributed by atoms with Gasteiger partial charge >= 0.3 is 0 Å². The Morgan fingerprint density at radius 2 is 2.14 bits per heavy atom. The van der Waals surface area contributed by atoms with E-state index < -0.39 is 5.82 Å². The highest BCUT2D eigenvalue weighted by atomic mass is 127.